The van der Waals surface area contributed by atoms with Gasteiger partial charge in [-0.1, -0.05) is 6.58 Å². The largest absolute Gasteiger partial charge is 0.397 e. The van der Waals surface area contributed by atoms with Gasteiger partial charge in [0.1, 0.15) is 0 Å². The molecule has 0 amide bonds. The van der Waals surface area contributed by atoms with Gasteiger partial charge in [-0.05, 0) is 0 Å². The quantitative estimate of drug-likeness (QED) is 0.0956. The van der Waals surface area contributed by atoms with Crippen molar-refractivity contribution in [2.45, 2.75) is 0 Å². The number of hydrogen-bond acceptors (Lipinski definition) is 17. The predicted molar refractivity (Wildman–Crippen MR) is 135 cm³/mol. The van der Waals surface area contributed by atoms with Crippen LogP contribution in [-0.4, -0.2) is 133 Å². The van der Waals surface area contributed by atoms with Crippen molar-refractivity contribution in [3.05, 3.63) is 12.0 Å². The Bertz CT molecular complexity index is 1480. The summed E-state index contributed by atoms with van der Waals surface area (Å²) in [6.07, 6.45) is 0. The van der Waals surface area contributed by atoms with Gasteiger partial charge in [0.25, 0.3) is 0 Å². The molecule has 0 aromatic heterocycles. The summed E-state index contributed by atoms with van der Waals surface area (Å²) in [5, 5.41) is 0.234. The first kappa shape index (κ1) is 39.1. The Kier molecular flexibility index (Phi) is 13.8. The molecule has 20 nitrogen and oxygen atoms in total. The monoisotopic (exact) mass is 726 g/mol. The maximum Gasteiger partial charge on any atom is 0.397 e. The Hall–Kier alpha value is -0.850. The minimum absolute atomic E-state index is 0.234. The van der Waals surface area contributed by atoms with Crippen LogP contribution in [0.1, 0.15) is 0 Å². The lowest BCUT2D eigenvalue weighted by atomic mass is 9.99. The maximum absolute atomic E-state index is 12.7. The predicted octanol–water partition coefficient (Wildman–Crippen LogP) is -3.77. The maximum atomic E-state index is 12.7. The molecule has 0 bridgehead atoms. The van der Waals surface area contributed by atoms with Crippen LogP contribution in [0.3, 0.4) is 0 Å². The fourth-order valence-corrected chi connectivity index (χ4v) is 11.6. The van der Waals surface area contributed by atoms with Crippen molar-refractivity contribution in [1.29, 1.82) is 0 Å². The first-order valence-electron chi connectivity index (χ1n) is 9.83. The van der Waals surface area contributed by atoms with Crippen molar-refractivity contribution in [2.24, 2.45) is 5.41 Å². The Balaban J connectivity index is 6.70. The Labute approximate surface area is 232 Å². The minimum atomic E-state index is -5.16. The summed E-state index contributed by atoms with van der Waals surface area (Å²) in [5.41, 5.74) is -2.85. The molecular weight excluding hydrogens is 701 g/mol. The van der Waals surface area contributed by atoms with Crippen LogP contribution in [-0.2, 0) is 83.1 Å². The molecule has 0 aromatic carbocycles. The topological polar surface area (TPSA) is 327 Å². The standard InChI is InChI=1S/C13H26O20S7/c1-2-34(14,15)9-13(10-35(16,17)6-3-31-38(22,23)24,11-36(18,19)7-4-32-39(25,26)27)12-37(20,21)8-5-33-40(28,29)30/h2H,1,3-12H2,(H,22,23,24)(H,25,26,27)(H,28,29,30). The molecule has 0 atom stereocenters. The molecule has 0 rings (SSSR count). The van der Waals surface area contributed by atoms with Gasteiger partial charge in [-0.2, -0.15) is 25.3 Å². The molecule has 0 unspecified atom stereocenters. The van der Waals surface area contributed by atoms with Crippen LogP contribution >= 0.6 is 0 Å². The van der Waals surface area contributed by atoms with E-state index < -0.39 is 136 Å². The smallest absolute Gasteiger partial charge is 0.264 e. The second-order valence-electron chi connectivity index (χ2n) is 8.00. The molecular formula is C13H26O20S7. The highest BCUT2D eigenvalue weighted by Gasteiger charge is 2.46. The number of rotatable bonds is 21. The van der Waals surface area contributed by atoms with E-state index in [2.05, 4.69) is 19.1 Å². The molecule has 0 aliphatic rings. The zero-order valence-electron chi connectivity index (χ0n) is 20.0. The molecule has 0 fully saturated rings. The van der Waals surface area contributed by atoms with Gasteiger partial charge < -0.3 is 0 Å². The first-order valence-corrected chi connectivity index (χ1v) is 21.1. The van der Waals surface area contributed by atoms with Crippen molar-refractivity contribution in [3.8, 4) is 0 Å². The molecule has 3 N–H and O–H groups in total. The van der Waals surface area contributed by atoms with Gasteiger partial charge in [0.2, 0.25) is 0 Å². The van der Waals surface area contributed by atoms with Crippen LogP contribution in [0.4, 0.5) is 0 Å². The summed E-state index contributed by atoms with van der Waals surface area (Å²) in [5.74, 6) is -10.3. The van der Waals surface area contributed by atoms with Crippen molar-refractivity contribution < 1.29 is 85.1 Å². The molecule has 0 spiro atoms. The lowest BCUT2D eigenvalue weighted by Gasteiger charge is -2.32. The van der Waals surface area contributed by atoms with E-state index in [0.29, 0.717) is 0 Å². The number of sulfone groups is 4. The van der Waals surface area contributed by atoms with Gasteiger partial charge in [0, 0.05) is 10.8 Å². The second kappa shape index (κ2) is 14.1. The van der Waals surface area contributed by atoms with Crippen LogP contribution in [0.2, 0.25) is 0 Å². The third-order valence-electron chi connectivity index (χ3n) is 4.22. The van der Waals surface area contributed by atoms with E-state index in [4.69, 9.17) is 13.7 Å². The summed E-state index contributed by atoms with van der Waals surface area (Å²) in [7, 11) is -34.6. The molecule has 0 heterocycles. The average Bonchev–Trinajstić information content (AvgIpc) is 2.61. The molecule has 0 aromatic rings. The van der Waals surface area contributed by atoms with Crippen LogP contribution in [0, 0.1) is 5.41 Å². The second-order valence-corrected chi connectivity index (χ2v) is 19.8. The van der Waals surface area contributed by atoms with Crippen molar-refractivity contribution >= 4 is 70.5 Å². The summed E-state index contributed by atoms with van der Waals surface area (Å²) >= 11 is 0. The Morgan fingerprint density at radius 3 is 0.950 bits per heavy atom. The normalized spacial score (nSPS) is 14.7. The Morgan fingerprint density at radius 1 is 0.500 bits per heavy atom. The first-order chi connectivity index (χ1) is 17.5. The summed E-state index contributed by atoms with van der Waals surface area (Å²) in [6.45, 7) is -0.849. The highest BCUT2D eigenvalue weighted by atomic mass is 32.3. The molecule has 0 radical (unpaired) electrons. The van der Waals surface area contributed by atoms with E-state index in [0.717, 1.165) is 0 Å². The third kappa shape index (κ3) is 19.3. The summed E-state index contributed by atoms with van der Waals surface area (Å²) < 4.78 is 203. The van der Waals surface area contributed by atoms with E-state index in [1.165, 1.54) is 0 Å². The molecule has 0 saturated carbocycles. The molecule has 240 valence electrons. The van der Waals surface area contributed by atoms with E-state index in [1.807, 2.05) is 0 Å². The summed E-state index contributed by atoms with van der Waals surface area (Å²) in [4.78, 5) is 0. The van der Waals surface area contributed by atoms with Crippen molar-refractivity contribution in [2.75, 3.05) is 60.1 Å². The third-order valence-corrected chi connectivity index (χ3v) is 12.7. The minimum Gasteiger partial charge on any atom is -0.264 e. The van der Waals surface area contributed by atoms with Crippen molar-refractivity contribution in [3.63, 3.8) is 0 Å². The molecule has 27 heteroatoms. The van der Waals surface area contributed by atoms with E-state index >= 15 is 0 Å². The fourth-order valence-electron chi connectivity index (χ4n) is 3.15. The highest BCUT2D eigenvalue weighted by molar-refractivity contribution is 7.95. The van der Waals surface area contributed by atoms with Crippen molar-refractivity contribution in [1.82, 2.24) is 0 Å². The van der Waals surface area contributed by atoms with Gasteiger partial charge in [0.05, 0.1) is 60.1 Å². The van der Waals surface area contributed by atoms with Crippen LogP contribution in [0.25, 0.3) is 0 Å². The van der Waals surface area contributed by atoms with Gasteiger partial charge >= 0.3 is 31.2 Å². The SMILES string of the molecule is C=CS(=O)(=O)CC(CS(=O)(=O)CCOS(=O)(=O)O)(CS(=O)(=O)CCOS(=O)(=O)O)CS(=O)(=O)CCOS(=O)(=O)O. The van der Waals surface area contributed by atoms with E-state index in [-0.39, 0.29) is 5.41 Å². The Morgan fingerprint density at radius 2 is 0.750 bits per heavy atom. The van der Waals surface area contributed by atoms with Gasteiger partial charge in [-0.15, -0.1) is 0 Å². The van der Waals surface area contributed by atoms with E-state index in [1.54, 1.807) is 0 Å². The fraction of sp³-hybridized carbons (Fsp3) is 0.846. The molecule has 0 saturated heterocycles. The van der Waals surface area contributed by atoms with Gasteiger partial charge in [-0.3, -0.25) is 13.7 Å². The average molecular weight is 727 g/mol. The molecule has 0 aliphatic carbocycles. The molecule has 0 aliphatic heterocycles. The van der Waals surface area contributed by atoms with Crippen LogP contribution in [0.5, 0.6) is 0 Å². The van der Waals surface area contributed by atoms with Gasteiger partial charge in [-0.25, -0.2) is 46.2 Å². The molecule has 40 heavy (non-hydrogen) atoms. The lowest BCUT2D eigenvalue weighted by molar-refractivity contribution is 0.282. The zero-order valence-corrected chi connectivity index (χ0v) is 25.7. The zero-order chi connectivity index (χ0) is 31.9. The van der Waals surface area contributed by atoms with Gasteiger partial charge in [0.15, 0.2) is 39.3 Å². The number of hydrogen-bond donors (Lipinski definition) is 3. The van der Waals surface area contributed by atoms with Crippen LogP contribution in [0.15, 0.2) is 12.0 Å². The van der Waals surface area contributed by atoms with E-state index in [9.17, 15) is 58.9 Å². The summed E-state index contributed by atoms with van der Waals surface area (Å²) in [6, 6.07) is 0. The van der Waals surface area contributed by atoms with Crippen LogP contribution < -0.4 is 0 Å². The highest BCUT2D eigenvalue weighted by Crippen LogP contribution is 2.29. The lowest BCUT2D eigenvalue weighted by Crippen LogP contribution is -2.49.